The molecule has 0 saturated heterocycles. The molecule has 0 aliphatic carbocycles. The van der Waals surface area contributed by atoms with Crippen LogP contribution in [0.5, 0.6) is 11.5 Å². The van der Waals surface area contributed by atoms with Gasteiger partial charge in [0.1, 0.15) is 11.5 Å². The first-order valence-corrected chi connectivity index (χ1v) is 11.2. The van der Waals surface area contributed by atoms with Crippen LogP contribution in [-0.2, 0) is 14.3 Å². The normalized spacial score (nSPS) is 9.42. The molecule has 178 valence electrons. The van der Waals surface area contributed by atoms with Crippen molar-refractivity contribution in [2.45, 2.75) is 40.5 Å². The zero-order valence-electron chi connectivity index (χ0n) is 19.8. The van der Waals surface area contributed by atoms with Gasteiger partial charge >= 0.3 is 30.8 Å². The second-order valence-electron chi connectivity index (χ2n) is 6.91. The van der Waals surface area contributed by atoms with Gasteiger partial charge in [0.05, 0.1) is 33.2 Å². The van der Waals surface area contributed by atoms with E-state index in [1.165, 1.54) is 7.11 Å². The number of carboxylic acids is 1. The molecule has 33 heavy (non-hydrogen) atoms. The summed E-state index contributed by atoms with van der Waals surface area (Å²) in [5.74, 6) is 0.391. The summed E-state index contributed by atoms with van der Waals surface area (Å²) in [5.41, 5.74) is 4.40. The summed E-state index contributed by atoms with van der Waals surface area (Å²) in [5, 5.41) is 8.46. The summed E-state index contributed by atoms with van der Waals surface area (Å²) in [6.07, 6.45) is 0.290. The van der Waals surface area contributed by atoms with Crippen molar-refractivity contribution in [1.82, 2.24) is 0 Å². The number of rotatable bonds is 8. The van der Waals surface area contributed by atoms with E-state index in [0.29, 0.717) is 6.61 Å². The fraction of sp³-hybridized carbons (Fsp3) is 0.391. The van der Waals surface area contributed by atoms with Crippen molar-refractivity contribution in [3.05, 3.63) is 55.5 Å². The van der Waals surface area contributed by atoms with E-state index in [9.17, 15) is 9.59 Å². The van der Waals surface area contributed by atoms with Crippen molar-refractivity contribution in [3.63, 3.8) is 0 Å². The van der Waals surface area contributed by atoms with Crippen LogP contribution >= 0.6 is 31.9 Å². The minimum Gasteiger partial charge on any atom is -0.870 e. The van der Waals surface area contributed by atoms with Crippen molar-refractivity contribution in [3.8, 4) is 11.5 Å². The quantitative estimate of drug-likeness (QED) is 0.376. The smallest absolute Gasteiger partial charge is 0.870 e. The summed E-state index contributed by atoms with van der Waals surface area (Å²) >= 11 is 6.94. The number of carboxylic acid groups (broad SMARTS) is 1. The Labute approximate surface area is 223 Å². The van der Waals surface area contributed by atoms with Gasteiger partial charge in [-0.15, -0.1) is 0 Å². The zero-order valence-corrected chi connectivity index (χ0v) is 23.0. The maximum Gasteiger partial charge on any atom is 1.00 e. The number of esters is 1. The van der Waals surface area contributed by atoms with Gasteiger partial charge in [-0.05, 0) is 74.2 Å². The molecule has 0 amide bonds. The molecule has 0 saturated carbocycles. The molecule has 0 unspecified atom stereocenters. The number of carbonyl (C=O) groups excluding carboxylic acids is 1. The van der Waals surface area contributed by atoms with Crippen LogP contribution in [-0.4, -0.2) is 42.8 Å². The van der Waals surface area contributed by atoms with Crippen molar-refractivity contribution in [2.24, 2.45) is 0 Å². The van der Waals surface area contributed by atoms with Gasteiger partial charge in [-0.25, -0.2) is 0 Å². The molecule has 0 spiro atoms. The molecule has 2 rings (SSSR count). The molecule has 10 heteroatoms. The molecule has 0 aliphatic rings. The number of halogens is 2. The fourth-order valence-corrected chi connectivity index (χ4v) is 3.05. The van der Waals surface area contributed by atoms with Gasteiger partial charge in [-0.1, -0.05) is 31.9 Å². The molecule has 0 bridgehead atoms. The number of ether oxygens (including phenoxy) is 3. The van der Waals surface area contributed by atoms with Crippen LogP contribution < -0.4 is 28.3 Å². The molecule has 2 aromatic rings. The summed E-state index contributed by atoms with van der Waals surface area (Å²) in [4.78, 5) is 21.2. The number of aryl methyl sites for hydroxylation is 4. The van der Waals surface area contributed by atoms with Gasteiger partial charge in [0.2, 0.25) is 0 Å². The van der Waals surface area contributed by atoms with Crippen LogP contribution in [0.2, 0.25) is 0 Å². The third kappa shape index (κ3) is 12.5. The average molecular weight is 584 g/mol. The van der Waals surface area contributed by atoms with Crippen LogP contribution in [0.25, 0.3) is 0 Å². The first-order chi connectivity index (χ1) is 14.5. The largest absolute Gasteiger partial charge is 1.00 e. The predicted molar refractivity (Wildman–Crippen MR) is 129 cm³/mol. The van der Waals surface area contributed by atoms with E-state index in [2.05, 4.69) is 36.6 Å². The standard InChI is InChI=1S/C12H15BrO3.C11H13BrO3.Li.H2O/c1-8-6-10(7-9(2)12(8)13)16-5-4-11(14)15-3;1-7-5-9(6-8(2)11(7)12)15-4-3-10(13)14;;/h6-7H,4-5H2,1-3H3;5-6H,3-4H2,1-2H3,(H,13,14);;1H2/q;;+1;/p-1. The molecule has 0 fully saturated rings. The van der Waals surface area contributed by atoms with Crippen LogP contribution in [0.1, 0.15) is 35.1 Å². The third-order valence-corrected chi connectivity index (χ3v) is 6.71. The first kappa shape index (κ1) is 33.7. The Hall–Kier alpha value is -1.50. The van der Waals surface area contributed by atoms with E-state index in [1.54, 1.807) is 0 Å². The maximum absolute atomic E-state index is 10.9. The fourth-order valence-electron chi connectivity index (χ4n) is 2.59. The Morgan fingerprint density at radius 2 is 1.12 bits per heavy atom. The van der Waals surface area contributed by atoms with Gasteiger partial charge in [-0.3, -0.25) is 9.59 Å². The van der Waals surface area contributed by atoms with Crippen molar-refractivity contribution in [1.29, 1.82) is 0 Å². The molecule has 7 nitrogen and oxygen atoms in total. The summed E-state index contributed by atoms with van der Waals surface area (Å²) in [6, 6.07) is 7.65. The number of benzene rings is 2. The first-order valence-electron chi connectivity index (χ1n) is 9.62. The minimum absolute atomic E-state index is 0. The Morgan fingerprint density at radius 3 is 1.42 bits per heavy atom. The number of aliphatic carboxylic acids is 1. The molecular formula is C23H29Br2LiO7. The molecule has 0 aliphatic heterocycles. The van der Waals surface area contributed by atoms with E-state index in [0.717, 1.165) is 42.7 Å². The van der Waals surface area contributed by atoms with Crippen LogP contribution in [0.15, 0.2) is 33.2 Å². The third-order valence-electron chi connectivity index (χ3n) is 4.21. The molecule has 0 aromatic heterocycles. The Bertz CT molecular complexity index is 874. The molecule has 0 heterocycles. The van der Waals surface area contributed by atoms with Crippen molar-refractivity contribution >= 4 is 43.8 Å². The Morgan fingerprint density at radius 1 is 0.788 bits per heavy atom. The zero-order chi connectivity index (χ0) is 23.6. The molecule has 2 aromatic carbocycles. The summed E-state index contributed by atoms with van der Waals surface area (Å²) in [6.45, 7) is 8.50. The SMILES string of the molecule is COC(=O)CCOc1cc(C)c(Br)c(C)c1.Cc1cc(OCCC(=O)O)cc(C)c1Br.[Li+].[OH-]. The molecule has 0 radical (unpaired) electrons. The second kappa shape index (κ2) is 17.0. The van der Waals surface area contributed by atoms with E-state index in [1.807, 2.05) is 52.0 Å². The Kier molecular flexibility index (Phi) is 17.4. The maximum atomic E-state index is 10.9. The van der Waals surface area contributed by atoms with Gasteiger partial charge in [0, 0.05) is 8.95 Å². The minimum atomic E-state index is -0.847. The van der Waals surface area contributed by atoms with Gasteiger partial charge in [-0.2, -0.15) is 0 Å². The topological polar surface area (TPSA) is 112 Å². The van der Waals surface area contributed by atoms with Gasteiger partial charge in [0.15, 0.2) is 0 Å². The van der Waals surface area contributed by atoms with Crippen molar-refractivity contribution < 1.29 is 53.2 Å². The predicted octanol–water partition coefficient (Wildman–Crippen LogP) is 2.75. The molecule has 2 N–H and O–H groups in total. The van der Waals surface area contributed by atoms with E-state index < -0.39 is 5.97 Å². The number of carbonyl (C=O) groups is 2. The average Bonchev–Trinajstić information content (AvgIpc) is 2.70. The van der Waals surface area contributed by atoms with E-state index in [4.69, 9.17) is 14.6 Å². The molecular weight excluding hydrogens is 555 g/mol. The van der Waals surface area contributed by atoms with Crippen LogP contribution in [0.3, 0.4) is 0 Å². The second-order valence-corrected chi connectivity index (χ2v) is 8.49. The summed E-state index contributed by atoms with van der Waals surface area (Å²) < 4.78 is 17.5. The Balaban J connectivity index is 0. The number of hydrogen-bond acceptors (Lipinski definition) is 6. The van der Waals surface area contributed by atoms with E-state index in [-0.39, 0.29) is 49.8 Å². The van der Waals surface area contributed by atoms with Gasteiger partial charge < -0.3 is 24.8 Å². The van der Waals surface area contributed by atoms with Crippen LogP contribution in [0, 0.1) is 27.7 Å². The van der Waals surface area contributed by atoms with Crippen molar-refractivity contribution in [2.75, 3.05) is 20.3 Å². The monoisotopic (exact) mass is 582 g/mol. The number of hydrogen-bond donors (Lipinski definition) is 1. The summed E-state index contributed by atoms with van der Waals surface area (Å²) in [7, 11) is 1.37. The number of methoxy groups -OCH3 is 1. The van der Waals surface area contributed by atoms with Crippen LogP contribution in [0.4, 0.5) is 0 Å². The molecule has 0 atom stereocenters. The van der Waals surface area contributed by atoms with E-state index >= 15 is 0 Å². The van der Waals surface area contributed by atoms with Gasteiger partial charge in [0.25, 0.3) is 0 Å².